The highest BCUT2D eigenvalue weighted by Gasteiger charge is 2.38. The number of esters is 1. The number of carbonyl (C=O) groups is 1. The molecule has 1 aromatic carbocycles. The molecule has 1 atom stereocenters. The molecule has 0 fully saturated rings. The van der Waals surface area contributed by atoms with E-state index in [2.05, 4.69) is 0 Å². The number of sulfonamides is 1. The van der Waals surface area contributed by atoms with Gasteiger partial charge in [0.05, 0.1) is 23.6 Å². The van der Waals surface area contributed by atoms with E-state index in [-0.39, 0.29) is 29.1 Å². The molecule has 1 aliphatic rings. The number of rotatable bonds is 4. The SMILES string of the molecule is COC(=O)CC1CN(S(=O)(=O)c2ccc(Cl)s2)c2ccccc21. The monoisotopic (exact) mass is 371 g/mol. The molecule has 1 aromatic heterocycles. The molecule has 23 heavy (non-hydrogen) atoms. The molecule has 0 N–H and O–H groups in total. The van der Waals surface area contributed by atoms with Gasteiger partial charge in [-0.25, -0.2) is 8.42 Å². The van der Waals surface area contributed by atoms with Crippen LogP contribution in [0.15, 0.2) is 40.6 Å². The first-order valence-electron chi connectivity index (χ1n) is 6.87. The summed E-state index contributed by atoms with van der Waals surface area (Å²) in [6, 6.07) is 10.3. The van der Waals surface area contributed by atoms with Crippen LogP contribution in [0.3, 0.4) is 0 Å². The first-order valence-corrected chi connectivity index (χ1v) is 9.50. The van der Waals surface area contributed by atoms with Gasteiger partial charge in [-0.15, -0.1) is 11.3 Å². The van der Waals surface area contributed by atoms with Gasteiger partial charge in [0.15, 0.2) is 0 Å². The fourth-order valence-electron chi connectivity index (χ4n) is 2.69. The summed E-state index contributed by atoms with van der Waals surface area (Å²) in [4.78, 5) is 11.6. The Bertz CT molecular complexity index is 847. The number of hydrogen-bond acceptors (Lipinski definition) is 5. The van der Waals surface area contributed by atoms with E-state index < -0.39 is 10.0 Å². The van der Waals surface area contributed by atoms with Gasteiger partial charge in [0, 0.05) is 12.5 Å². The Labute approximate surface area is 143 Å². The van der Waals surface area contributed by atoms with Crippen LogP contribution in [-0.2, 0) is 19.6 Å². The van der Waals surface area contributed by atoms with Crippen molar-refractivity contribution in [3.8, 4) is 0 Å². The van der Waals surface area contributed by atoms with Crippen LogP contribution in [0.2, 0.25) is 4.34 Å². The van der Waals surface area contributed by atoms with Crippen molar-refractivity contribution in [1.82, 2.24) is 0 Å². The number of ether oxygens (including phenoxy) is 1. The topological polar surface area (TPSA) is 63.7 Å². The molecule has 3 rings (SSSR count). The summed E-state index contributed by atoms with van der Waals surface area (Å²) in [5.41, 5.74) is 1.44. The quantitative estimate of drug-likeness (QED) is 0.774. The third-order valence-electron chi connectivity index (χ3n) is 3.77. The highest BCUT2D eigenvalue weighted by atomic mass is 35.5. The molecule has 0 amide bonds. The van der Waals surface area contributed by atoms with Gasteiger partial charge in [0.25, 0.3) is 10.0 Å². The van der Waals surface area contributed by atoms with Gasteiger partial charge >= 0.3 is 5.97 Å². The molecule has 0 spiro atoms. The lowest BCUT2D eigenvalue weighted by atomic mass is 9.98. The molecule has 0 bridgehead atoms. The zero-order valence-electron chi connectivity index (χ0n) is 12.2. The second-order valence-corrected chi connectivity index (χ2v) is 8.93. The molecule has 2 heterocycles. The van der Waals surface area contributed by atoms with E-state index in [1.165, 1.54) is 17.5 Å². The Morgan fingerprint density at radius 3 is 2.74 bits per heavy atom. The fraction of sp³-hybridized carbons (Fsp3) is 0.267. The van der Waals surface area contributed by atoms with Crippen molar-refractivity contribution < 1.29 is 17.9 Å². The number of nitrogens with zero attached hydrogens (tertiary/aromatic N) is 1. The number of anilines is 1. The minimum absolute atomic E-state index is 0.144. The number of benzene rings is 1. The lowest BCUT2D eigenvalue weighted by molar-refractivity contribution is -0.140. The van der Waals surface area contributed by atoms with Gasteiger partial charge in [0.2, 0.25) is 0 Å². The predicted molar refractivity (Wildman–Crippen MR) is 89.7 cm³/mol. The van der Waals surface area contributed by atoms with Crippen LogP contribution < -0.4 is 4.31 Å². The number of para-hydroxylation sites is 1. The molecule has 0 saturated carbocycles. The second kappa shape index (κ2) is 6.14. The van der Waals surface area contributed by atoms with Crippen molar-refractivity contribution in [2.45, 2.75) is 16.5 Å². The molecule has 1 unspecified atom stereocenters. The van der Waals surface area contributed by atoms with E-state index in [0.29, 0.717) is 10.0 Å². The second-order valence-electron chi connectivity index (χ2n) is 5.13. The van der Waals surface area contributed by atoms with Gasteiger partial charge in [-0.1, -0.05) is 29.8 Å². The Balaban J connectivity index is 2.00. The van der Waals surface area contributed by atoms with E-state index in [1.54, 1.807) is 18.2 Å². The molecule has 0 radical (unpaired) electrons. The summed E-state index contributed by atoms with van der Waals surface area (Å²) in [5.74, 6) is -0.577. The number of methoxy groups -OCH3 is 1. The molecular formula is C15H14ClNO4S2. The standard InChI is InChI=1S/C15H14ClNO4S2/c1-21-14(18)8-10-9-17(12-5-3-2-4-11(10)12)23(19,20)15-7-6-13(16)22-15/h2-7,10H,8-9H2,1H3. The number of carbonyl (C=O) groups excluding carboxylic acids is 1. The van der Waals surface area contributed by atoms with Crippen LogP contribution in [0.25, 0.3) is 0 Å². The highest BCUT2D eigenvalue weighted by Crippen LogP contribution is 2.42. The van der Waals surface area contributed by atoms with Gasteiger partial charge in [-0.2, -0.15) is 0 Å². The van der Waals surface area contributed by atoms with E-state index in [1.807, 2.05) is 12.1 Å². The zero-order valence-corrected chi connectivity index (χ0v) is 14.6. The van der Waals surface area contributed by atoms with Crippen molar-refractivity contribution in [2.75, 3.05) is 18.0 Å². The average molecular weight is 372 g/mol. The molecular weight excluding hydrogens is 358 g/mol. The van der Waals surface area contributed by atoms with E-state index in [4.69, 9.17) is 16.3 Å². The first kappa shape index (κ1) is 16.3. The lowest BCUT2D eigenvalue weighted by Crippen LogP contribution is -2.29. The van der Waals surface area contributed by atoms with Crippen molar-refractivity contribution in [3.05, 3.63) is 46.3 Å². The van der Waals surface area contributed by atoms with Crippen molar-refractivity contribution in [3.63, 3.8) is 0 Å². The minimum Gasteiger partial charge on any atom is -0.469 e. The Kier molecular flexibility index (Phi) is 4.35. The van der Waals surface area contributed by atoms with Crippen molar-refractivity contribution >= 4 is 44.6 Å². The number of halogens is 1. The van der Waals surface area contributed by atoms with Crippen LogP contribution in [0.1, 0.15) is 17.9 Å². The zero-order chi connectivity index (χ0) is 16.6. The molecule has 0 saturated heterocycles. The minimum atomic E-state index is -3.69. The first-order chi connectivity index (χ1) is 10.9. The van der Waals surface area contributed by atoms with E-state index in [0.717, 1.165) is 16.9 Å². The van der Waals surface area contributed by atoms with Gasteiger partial charge in [0.1, 0.15) is 4.21 Å². The summed E-state index contributed by atoms with van der Waals surface area (Å²) >= 11 is 6.88. The largest absolute Gasteiger partial charge is 0.469 e. The summed E-state index contributed by atoms with van der Waals surface area (Å²) in [5, 5.41) is 0. The number of hydrogen-bond donors (Lipinski definition) is 0. The van der Waals surface area contributed by atoms with Crippen LogP contribution in [-0.4, -0.2) is 28.0 Å². The fourth-order valence-corrected chi connectivity index (χ4v) is 5.82. The van der Waals surface area contributed by atoms with Crippen LogP contribution in [0, 0.1) is 0 Å². The van der Waals surface area contributed by atoms with Crippen molar-refractivity contribution in [2.24, 2.45) is 0 Å². The van der Waals surface area contributed by atoms with E-state index in [9.17, 15) is 13.2 Å². The van der Waals surface area contributed by atoms with Crippen LogP contribution in [0.4, 0.5) is 5.69 Å². The average Bonchev–Trinajstić information content (AvgIpc) is 3.12. The molecule has 1 aliphatic heterocycles. The van der Waals surface area contributed by atoms with Crippen LogP contribution in [0.5, 0.6) is 0 Å². The Morgan fingerprint density at radius 2 is 2.09 bits per heavy atom. The highest BCUT2D eigenvalue weighted by molar-refractivity contribution is 7.94. The molecule has 2 aromatic rings. The van der Waals surface area contributed by atoms with Gasteiger partial charge in [-0.05, 0) is 23.8 Å². The molecule has 5 nitrogen and oxygen atoms in total. The molecule has 0 aliphatic carbocycles. The third kappa shape index (κ3) is 2.96. The summed E-state index contributed by atoms with van der Waals surface area (Å²) in [7, 11) is -2.37. The summed E-state index contributed by atoms with van der Waals surface area (Å²) in [6.45, 7) is 0.215. The number of fused-ring (bicyclic) bond motifs is 1. The van der Waals surface area contributed by atoms with Crippen molar-refractivity contribution in [1.29, 1.82) is 0 Å². The Morgan fingerprint density at radius 1 is 1.35 bits per heavy atom. The van der Waals surface area contributed by atoms with E-state index >= 15 is 0 Å². The maximum Gasteiger partial charge on any atom is 0.306 e. The summed E-state index contributed by atoms with van der Waals surface area (Å²) < 4.78 is 32.4. The Hall–Kier alpha value is -1.57. The number of thiophene rings is 1. The van der Waals surface area contributed by atoms with Gasteiger partial charge in [-0.3, -0.25) is 9.10 Å². The smallest absolute Gasteiger partial charge is 0.306 e. The third-order valence-corrected chi connectivity index (χ3v) is 7.24. The maximum atomic E-state index is 12.9. The van der Waals surface area contributed by atoms with Crippen LogP contribution >= 0.6 is 22.9 Å². The molecule has 122 valence electrons. The molecule has 8 heteroatoms. The predicted octanol–water partition coefficient (Wildman–Crippen LogP) is 3.26. The normalized spacial score (nSPS) is 17.1. The summed E-state index contributed by atoms with van der Waals surface area (Å²) in [6.07, 6.45) is 0.144. The maximum absolute atomic E-state index is 12.9. The lowest BCUT2D eigenvalue weighted by Gasteiger charge is -2.18. The van der Waals surface area contributed by atoms with Gasteiger partial charge < -0.3 is 4.74 Å².